The van der Waals surface area contributed by atoms with Gasteiger partial charge in [0.15, 0.2) is 18.1 Å². The van der Waals surface area contributed by atoms with E-state index < -0.39 is 17.8 Å². The highest BCUT2D eigenvalue weighted by atomic mass is 32.2. The van der Waals surface area contributed by atoms with Crippen LogP contribution in [0.2, 0.25) is 0 Å². The molecule has 2 N–H and O–H groups in total. The van der Waals surface area contributed by atoms with Crippen LogP contribution in [0.15, 0.2) is 82.6 Å². The van der Waals surface area contributed by atoms with Gasteiger partial charge in [-0.05, 0) is 85.2 Å². The quantitative estimate of drug-likeness (QED) is 0.174. The molecule has 1 saturated heterocycles. The largest absolute Gasteiger partial charge is 0.493 e. The number of methoxy groups -OCH3 is 1. The molecular weight excluding hydrogens is 679 g/mol. The molecule has 3 amide bonds. The number of amides is 3. The van der Waals surface area contributed by atoms with Gasteiger partial charge in [0.2, 0.25) is 11.8 Å². The summed E-state index contributed by atoms with van der Waals surface area (Å²) in [6.07, 6.45) is 0.784. The average molecular weight is 712 g/mol. The highest BCUT2D eigenvalue weighted by molar-refractivity contribution is 8.00. The smallest absolute Gasteiger partial charge is 0.338 e. The van der Waals surface area contributed by atoms with E-state index in [4.69, 9.17) is 14.2 Å². The highest BCUT2D eigenvalue weighted by Gasteiger charge is 2.69. The Morgan fingerprint density at radius 2 is 1.68 bits per heavy atom. The predicted octanol–water partition coefficient (Wildman–Crippen LogP) is 5.32. The van der Waals surface area contributed by atoms with Gasteiger partial charge in [-0.15, -0.1) is 11.8 Å². The zero-order chi connectivity index (χ0) is 34.7. The van der Waals surface area contributed by atoms with Crippen molar-refractivity contribution in [3.63, 3.8) is 0 Å². The third kappa shape index (κ3) is 5.30. The van der Waals surface area contributed by atoms with Gasteiger partial charge >= 0.3 is 10.8 Å². The Labute approximate surface area is 295 Å². The van der Waals surface area contributed by atoms with Gasteiger partial charge in [0.1, 0.15) is 0 Å². The molecule has 50 heavy (non-hydrogen) atoms. The van der Waals surface area contributed by atoms with Gasteiger partial charge in [0, 0.05) is 21.7 Å². The van der Waals surface area contributed by atoms with Gasteiger partial charge in [0.25, 0.3) is 5.91 Å². The van der Waals surface area contributed by atoms with Crippen molar-refractivity contribution in [2.45, 2.75) is 29.5 Å². The molecule has 2 aliphatic carbocycles. The van der Waals surface area contributed by atoms with Crippen molar-refractivity contribution in [3.8, 4) is 11.5 Å². The van der Waals surface area contributed by atoms with Crippen LogP contribution >= 0.6 is 23.1 Å². The standard InChI is InChI=1S/C37H33N3O8S2/c1-3-47-36(44)18-9-12-20(13-10-18)38-26(41)17-48-24-14-11-19(15-25(24)46-2)27-28-22-16-23(31(28)49-33-32(27)50-37(45)39-33)30-29(22)34(42)40(35(30)43)21-7-5-4-6-8-21/h4-15,22-23,27-31H,3,16-17H2,1-2H3,(H,38,41)(H,39,45)/t22-,23-,27-,28?,29?,30?,31?/m1/s1. The second-order valence-electron chi connectivity index (χ2n) is 12.9. The zero-order valence-corrected chi connectivity index (χ0v) is 28.8. The minimum atomic E-state index is -0.435. The maximum absolute atomic E-state index is 14.0. The summed E-state index contributed by atoms with van der Waals surface area (Å²) in [6, 6.07) is 21.1. The molecule has 2 saturated carbocycles. The number of aromatic nitrogens is 1. The van der Waals surface area contributed by atoms with E-state index in [0.717, 1.165) is 21.9 Å². The van der Waals surface area contributed by atoms with Gasteiger partial charge < -0.3 is 24.5 Å². The summed E-state index contributed by atoms with van der Waals surface area (Å²) in [4.78, 5) is 70.3. The van der Waals surface area contributed by atoms with Crippen LogP contribution < -0.4 is 24.6 Å². The minimum Gasteiger partial charge on any atom is -0.493 e. The third-order valence-electron chi connectivity index (χ3n) is 10.3. The number of anilines is 2. The summed E-state index contributed by atoms with van der Waals surface area (Å²) in [5.41, 5.74) is 2.40. The number of fused-ring (bicyclic) bond motifs is 9. The number of benzene rings is 3. The van der Waals surface area contributed by atoms with Crippen molar-refractivity contribution in [1.82, 2.24) is 4.98 Å². The molecule has 7 atom stereocenters. The summed E-state index contributed by atoms with van der Waals surface area (Å²) >= 11 is 2.82. The SMILES string of the molecule is CCOC(=O)c1ccc(NC(=O)COc2ccc([C@H]3c4sc(=O)[nH]c4SC4C3[C@H]3C[C@@H]4C4C(=O)N(c5ccccc5)C(=O)C43)cc2OC)cc1. The first-order valence-electron chi connectivity index (χ1n) is 16.5. The van der Waals surface area contributed by atoms with Crippen LogP contribution in [-0.2, 0) is 19.1 Å². The summed E-state index contributed by atoms with van der Waals surface area (Å²) in [5, 5.41) is 3.62. The molecule has 4 aromatic rings. The lowest BCUT2D eigenvalue weighted by Gasteiger charge is -2.43. The van der Waals surface area contributed by atoms with Gasteiger partial charge in [-0.3, -0.25) is 24.1 Å². The van der Waals surface area contributed by atoms with Crippen LogP contribution in [0.25, 0.3) is 0 Å². The number of rotatable bonds is 9. The topological polar surface area (TPSA) is 144 Å². The van der Waals surface area contributed by atoms with E-state index >= 15 is 0 Å². The van der Waals surface area contributed by atoms with E-state index in [9.17, 15) is 24.0 Å². The Kier molecular flexibility index (Phi) is 8.26. The number of para-hydroxylation sites is 1. The number of nitrogens with zero attached hydrogens (tertiary/aromatic N) is 1. The first kappa shape index (κ1) is 32.3. The van der Waals surface area contributed by atoms with Crippen LogP contribution in [-0.4, -0.2) is 54.2 Å². The maximum atomic E-state index is 14.0. The number of ether oxygens (including phenoxy) is 3. The summed E-state index contributed by atoms with van der Waals surface area (Å²) in [5.74, 6) is -1.27. The minimum absolute atomic E-state index is 0.00796. The highest BCUT2D eigenvalue weighted by Crippen LogP contribution is 2.68. The number of hydrogen-bond acceptors (Lipinski definition) is 10. The molecule has 2 bridgehead atoms. The molecule has 4 aliphatic rings. The second kappa shape index (κ2) is 12.8. The Bertz CT molecular complexity index is 2060. The molecule has 3 heterocycles. The fraction of sp³-hybridized carbons (Fsp3) is 0.324. The average Bonchev–Trinajstić information content (AvgIpc) is 3.86. The molecule has 256 valence electrons. The summed E-state index contributed by atoms with van der Waals surface area (Å²) in [6.45, 7) is 1.72. The van der Waals surface area contributed by atoms with Gasteiger partial charge in [-0.1, -0.05) is 35.6 Å². The maximum Gasteiger partial charge on any atom is 0.338 e. The zero-order valence-electron chi connectivity index (χ0n) is 27.1. The van der Waals surface area contributed by atoms with Crippen molar-refractivity contribution in [2.24, 2.45) is 29.6 Å². The molecule has 2 aliphatic heterocycles. The normalized spacial score (nSPS) is 25.9. The molecule has 3 aromatic carbocycles. The van der Waals surface area contributed by atoms with Crippen LogP contribution in [0.5, 0.6) is 11.5 Å². The van der Waals surface area contributed by atoms with Crippen LogP contribution in [0.3, 0.4) is 0 Å². The van der Waals surface area contributed by atoms with Crippen LogP contribution in [0, 0.1) is 29.6 Å². The molecule has 1 aromatic heterocycles. The molecule has 13 heteroatoms. The first-order valence-corrected chi connectivity index (χ1v) is 18.2. The number of carbonyl (C=O) groups excluding carboxylic acids is 4. The number of imide groups is 1. The molecule has 0 spiro atoms. The van der Waals surface area contributed by atoms with Crippen LogP contribution in [0.4, 0.5) is 11.4 Å². The lowest BCUT2D eigenvalue weighted by Crippen LogP contribution is -2.42. The number of esters is 1. The van der Waals surface area contributed by atoms with E-state index in [-0.39, 0.29) is 64.7 Å². The Morgan fingerprint density at radius 1 is 0.940 bits per heavy atom. The van der Waals surface area contributed by atoms with Crippen molar-refractivity contribution in [1.29, 1.82) is 0 Å². The number of carbonyl (C=O) groups is 4. The molecule has 8 rings (SSSR count). The monoisotopic (exact) mass is 711 g/mol. The van der Waals surface area contributed by atoms with E-state index in [1.165, 1.54) is 23.3 Å². The number of aromatic amines is 1. The molecular formula is C37H33N3O8S2. The number of thioether (sulfide) groups is 1. The number of nitrogens with one attached hydrogen (secondary N) is 2. The van der Waals surface area contributed by atoms with Gasteiger partial charge in [-0.25, -0.2) is 4.79 Å². The fourth-order valence-electron chi connectivity index (χ4n) is 8.46. The van der Waals surface area contributed by atoms with Crippen molar-refractivity contribution in [2.75, 3.05) is 30.5 Å². The summed E-state index contributed by atoms with van der Waals surface area (Å²) in [7, 11) is 1.53. The van der Waals surface area contributed by atoms with E-state index in [2.05, 4.69) is 10.3 Å². The number of H-pyrrole nitrogens is 1. The lowest BCUT2D eigenvalue weighted by molar-refractivity contribution is -0.123. The molecule has 11 nitrogen and oxygen atoms in total. The number of thiazole rings is 1. The molecule has 0 radical (unpaired) electrons. The van der Waals surface area contributed by atoms with Crippen molar-refractivity contribution >= 4 is 58.2 Å². The predicted molar refractivity (Wildman–Crippen MR) is 187 cm³/mol. The summed E-state index contributed by atoms with van der Waals surface area (Å²) < 4.78 is 16.6. The van der Waals surface area contributed by atoms with Crippen molar-refractivity contribution < 1.29 is 33.4 Å². The van der Waals surface area contributed by atoms with Gasteiger partial charge in [0.05, 0.1) is 41.8 Å². The Hall–Kier alpha value is -4.88. The Morgan fingerprint density at radius 3 is 2.40 bits per heavy atom. The van der Waals surface area contributed by atoms with E-state index in [1.807, 2.05) is 30.3 Å². The van der Waals surface area contributed by atoms with Crippen LogP contribution in [0.1, 0.15) is 40.1 Å². The Balaban J connectivity index is 1.03. The molecule has 3 fully saturated rings. The third-order valence-corrected chi connectivity index (χ3v) is 12.9. The fourth-order valence-corrected chi connectivity index (χ4v) is 11.4. The second-order valence-corrected chi connectivity index (χ2v) is 15.1. The van der Waals surface area contributed by atoms with Crippen molar-refractivity contribution in [3.05, 3.63) is 98.5 Å². The first-order chi connectivity index (χ1) is 24.3. The molecule has 4 unspecified atom stereocenters. The van der Waals surface area contributed by atoms with E-state index in [0.29, 0.717) is 28.4 Å². The van der Waals surface area contributed by atoms with E-state index in [1.54, 1.807) is 61.2 Å². The van der Waals surface area contributed by atoms with Gasteiger partial charge in [-0.2, -0.15) is 0 Å². The number of hydrogen-bond donors (Lipinski definition) is 2. The lowest BCUT2D eigenvalue weighted by atomic mass is 9.68.